The minimum Gasteiger partial charge on any atom is -0.491 e. The van der Waals surface area contributed by atoms with Gasteiger partial charge in [-0.25, -0.2) is 0 Å². The Hall–Kier alpha value is -3.50. The van der Waals surface area contributed by atoms with Crippen molar-refractivity contribution in [2.75, 3.05) is 81.3 Å². The number of alkyl halides is 2. The lowest BCUT2D eigenvalue weighted by atomic mass is 9.90. The first-order chi connectivity index (χ1) is 25.5. The lowest BCUT2D eigenvalue weighted by molar-refractivity contribution is 0.144. The summed E-state index contributed by atoms with van der Waals surface area (Å²) in [7, 11) is 6.70. The summed E-state index contributed by atoms with van der Waals surface area (Å²) >= 11 is 13.1. The van der Waals surface area contributed by atoms with Gasteiger partial charge in [0.1, 0.15) is 49.4 Å². The summed E-state index contributed by atoms with van der Waals surface area (Å²) in [5, 5.41) is 0. The number of ether oxygens (including phenoxy) is 8. The molecule has 4 aromatic carbocycles. The molecule has 0 aromatic heterocycles. The highest BCUT2D eigenvalue weighted by molar-refractivity contribution is 6.17. The molecule has 0 atom stereocenters. The van der Waals surface area contributed by atoms with Crippen LogP contribution in [0.1, 0.15) is 55.6 Å². The number of rotatable bonds is 18. The van der Waals surface area contributed by atoms with E-state index < -0.39 is 0 Å². The van der Waals surface area contributed by atoms with Crippen molar-refractivity contribution in [3.05, 3.63) is 116 Å². The molecule has 8 nitrogen and oxygen atoms in total. The maximum atomic E-state index is 6.57. The smallest absolute Gasteiger partial charge is 0.126 e. The molecule has 0 saturated carbocycles. The quantitative estimate of drug-likeness (QED) is 0.0660. The van der Waals surface area contributed by atoms with Gasteiger partial charge in [0.2, 0.25) is 0 Å². The average Bonchev–Trinajstić information content (AvgIpc) is 3.15. The summed E-state index contributed by atoms with van der Waals surface area (Å²) in [4.78, 5) is 0. The first-order valence-corrected chi connectivity index (χ1v) is 18.7. The normalized spacial score (nSPS) is 12.4. The van der Waals surface area contributed by atoms with Crippen LogP contribution in [-0.2, 0) is 56.4 Å². The molecule has 52 heavy (non-hydrogen) atoms. The highest BCUT2D eigenvalue weighted by Gasteiger charge is 2.23. The predicted molar refractivity (Wildman–Crippen MR) is 206 cm³/mol. The van der Waals surface area contributed by atoms with Crippen molar-refractivity contribution in [2.45, 2.75) is 37.4 Å². The van der Waals surface area contributed by atoms with E-state index in [1.165, 1.54) is 0 Å². The molecule has 0 unspecified atom stereocenters. The zero-order valence-corrected chi connectivity index (χ0v) is 32.2. The van der Waals surface area contributed by atoms with E-state index in [0.717, 1.165) is 78.6 Å². The van der Waals surface area contributed by atoms with Gasteiger partial charge in [0, 0.05) is 65.9 Å². The van der Waals surface area contributed by atoms with E-state index in [9.17, 15) is 0 Å². The van der Waals surface area contributed by atoms with Gasteiger partial charge in [-0.05, 0) is 55.6 Å². The van der Waals surface area contributed by atoms with E-state index in [1.54, 1.807) is 28.4 Å². The van der Waals surface area contributed by atoms with E-state index >= 15 is 0 Å². The fraction of sp³-hybridized carbons (Fsp3) is 0.429. The fourth-order valence-corrected chi connectivity index (χ4v) is 6.94. The zero-order chi connectivity index (χ0) is 36.7. The van der Waals surface area contributed by atoms with E-state index in [1.807, 2.05) is 0 Å². The molecule has 0 N–H and O–H groups in total. The molecule has 8 bridgehead atoms. The Kier molecular flexibility index (Phi) is 15.8. The van der Waals surface area contributed by atoms with Gasteiger partial charge in [-0.15, -0.1) is 23.2 Å². The standard InChI is InChI=1S/C42H50Cl2O8/c1-45-11-15-49-39-31-7-5-8-32(39)24-36-20-30(28-44)22-38(42(36)52-18-14-48-4)26-34-10-6-9-33(40(34)50-16-12-46-2)25-37-21-29(27-43)19-35(23-31)41(37)51-17-13-47-3/h5-10,19-22H,11-18,23-28H2,1-4H3. The summed E-state index contributed by atoms with van der Waals surface area (Å²) < 4.78 is 47.8. The number of hydrogen-bond donors (Lipinski definition) is 0. The molecule has 4 aromatic rings. The third kappa shape index (κ3) is 10.3. The molecule has 280 valence electrons. The van der Waals surface area contributed by atoms with Crippen LogP contribution in [0.5, 0.6) is 23.0 Å². The number of fused-ring (bicyclic) bond motifs is 8. The van der Waals surface area contributed by atoms with Crippen LogP contribution in [0.3, 0.4) is 0 Å². The average molecular weight is 754 g/mol. The summed E-state index contributed by atoms with van der Waals surface area (Å²) in [5.41, 5.74) is 10.2. The van der Waals surface area contributed by atoms with Crippen molar-refractivity contribution in [1.29, 1.82) is 0 Å². The molecule has 0 fully saturated rings. The molecule has 5 rings (SSSR count). The fourth-order valence-electron chi connectivity index (χ4n) is 6.64. The van der Waals surface area contributed by atoms with Crippen molar-refractivity contribution in [1.82, 2.24) is 0 Å². The SMILES string of the molecule is COCCOc1c2cccc1Cc1cc(CCl)cc(c1OCCOC)Cc1cccc(c1OCCOC)Cc1cc(CCl)cc(c1OCCOC)C2. The molecule has 0 heterocycles. The molecule has 0 amide bonds. The lowest BCUT2D eigenvalue weighted by Crippen LogP contribution is -2.13. The van der Waals surface area contributed by atoms with E-state index in [2.05, 4.69) is 60.7 Å². The van der Waals surface area contributed by atoms with Crippen molar-refractivity contribution in [3.8, 4) is 23.0 Å². The molecule has 1 aliphatic rings. The Morgan fingerprint density at radius 1 is 0.385 bits per heavy atom. The first-order valence-electron chi connectivity index (χ1n) is 17.6. The Bertz CT molecular complexity index is 1530. The Morgan fingerprint density at radius 3 is 0.865 bits per heavy atom. The predicted octanol–water partition coefficient (Wildman–Crippen LogP) is 7.94. The molecule has 10 heteroatoms. The van der Waals surface area contributed by atoms with Crippen molar-refractivity contribution in [3.63, 3.8) is 0 Å². The molecular weight excluding hydrogens is 703 g/mol. The van der Waals surface area contributed by atoms with E-state index in [4.69, 9.17) is 61.1 Å². The number of halogens is 2. The van der Waals surface area contributed by atoms with Crippen molar-refractivity contribution >= 4 is 23.2 Å². The number of methoxy groups -OCH3 is 4. The lowest BCUT2D eigenvalue weighted by Gasteiger charge is -2.23. The minimum atomic E-state index is 0.357. The molecular formula is C42H50Cl2O8. The summed E-state index contributed by atoms with van der Waals surface area (Å²) in [6, 6.07) is 21.2. The van der Waals surface area contributed by atoms with Crippen LogP contribution in [0.25, 0.3) is 0 Å². The molecule has 1 aliphatic carbocycles. The third-order valence-corrected chi connectivity index (χ3v) is 9.55. The van der Waals surface area contributed by atoms with Crippen LogP contribution in [0.2, 0.25) is 0 Å². The second-order valence-corrected chi connectivity index (χ2v) is 13.2. The summed E-state index contributed by atoms with van der Waals surface area (Å²) in [6.45, 7) is 3.40. The second-order valence-electron chi connectivity index (χ2n) is 12.6. The molecule has 0 spiro atoms. The first kappa shape index (κ1) is 39.7. The van der Waals surface area contributed by atoms with Crippen LogP contribution >= 0.6 is 23.2 Å². The minimum absolute atomic E-state index is 0.357. The van der Waals surface area contributed by atoms with Crippen molar-refractivity contribution < 1.29 is 37.9 Å². The summed E-state index contributed by atoms with van der Waals surface area (Å²) in [5.74, 6) is 3.96. The zero-order valence-electron chi connectivity index (χ0n) is 30.7. The Morgan fingerprint density at radius 2 is 0.635 bits per heavy atom. The van der Waals surface area contributed by atoms with Gasteiger partial charge >= 0.3 is 0 Å². The van der Waals surface area contributed by atoms with Gasteiger partial charge in [-0.1, -0.05) is 60.7 Å². The summed E-state index contributed by atoms with van der Waals surface area (Å²) in [6.07, 6.45) is 2.21. The second kappa shape index (κ2) is 20.7. The number of para-hydroxylation sites is 2. The van der Waals surface area contributed by atoms with Crippen LogP contribution in [-0.4, -0.2) is 81.3 Å². The third-order valence-electron chi connectivity index (χ3n) is 8.93. The Labute approximate surface area is 318 Å². The van der Waals surface area contributed by atoms with Gasteiger partial charge < -0.3 is 37.9 Å². The molecule has 0 saturated heterocycles. The number of hydrogen-bond acceptors (Lipinski definition) is 8. The molecule has 0 aliphatic heterocycles. The number of benzene rings is 4. The van der Waals surface area contributed by atoms with Gasteiger partial charge in [0.05, 0.1) is 26.4 Å². The van der Waals surface area contributed by atoms with Crippen LogP contribution in [0.15, 0.2) is 60.7 Å². The van der Waals surface area contributed by atoms with Gasteiger partial charge in [-0.2, -0.15) is 0 Å². The topological polar surface area (TPSA) is 73.8 Å². The van der Waals surface area contributed by atoms with Crippen LogP contribution in [0, 0.1) is 0 Å². The van der Waals surface area contributed by atoms with E-state index in [-0.39, 0.29) is 0 Å². The van der Waals surface area contributed by atoms with Gasteiger partial charge in [0.25, 0.3) is 0 Å². The largest absolute Gasteiger partial charge is 0.491 e. The highest BCUT2D eigenvalue weighted by Crippen LogP contribution is 2.40. The Balaban J connectivity index is 1.79. The van der Waals surface area contributed by atoms with Crippen LogP contribution < -0.4 is 18.9 Å². The molecule has 0 radical (unpaired) electrons. The van der Waals surface area contributed by atoms with Crippen LogP contribution in [0.4, 0.5) is 0 Å². The van der Waals surface area contributed by atoms with Gasteiger partial charge in [-0.3, -0.25) is 0 Å². The monoisotopic (exact) mass is 752 g/mol. The van der Waals surface area contributed by atoms with Crippen molar-refractivity contribution in [2.24, 2.45) is 0 Å². The van der Waals surface area contributed by atoms with E-state index in [0.29, 0.717) is 90.3 Å². The maximum absolute atomic E-state index is 6.57. The maximum Gasteiger partial charge on any atom is 0.126 e. The highest BCUT2D eigenvalue weighted by atomic mass is 35.5. The van der Waals surface area contributed by atoms with Gasteiger partial charge in [0.15, 0.2) is 0 Å².